The first-order valence-corrected chi connectivity index (χ1v) is 21.2. The van der Waals surface area contributed by atoms with Crippen molar-refractivity contribution < 1.29 is 33.3 Å². The molecular weight excluding hydrogens is 910 g/mol. The SMILES string of the molecule is C.CC(C)(C)OC(=O)OC(=O)OC(C)(C)C.CCN(CC)CC.CN(C)c1ccncc1.Cc1cc2[nH]ncc2cc1Br.Cc1cc2c(cnn2C(=O)OC(C)(C)C)cc1Br. The summed E-state index contributed by atoms with van der Waals surface area (Å²) in [6.45, 7) is 29.7. The molecular formula is C45H69Br2N7O7. The fraction of sp³-hybridized carbons (Fsp3) is 0.511. The van der Waals surface area contributed by atoms with Crippen LogP contribution in [0.25, 0.3) is 21.8 Å². The Labute approximate surface area is 380 Å². The van der Waals surface area contributed by atoms with E-state index in [0.717, 1.165) is 36.3 Å². The van der Waals surface area contributed by atoms with Crippen LogP contribution in [-0.4, -0.2) is 98.8 Å². The molecule has 61 heavy (non-hydrogen) atoms. The summed E-state index contributed by atoms with van der Waals surface area (Å²) in [5.74, 6) is 0. The third-order valence-corrected chi connectivity index (χ3v) is 9.31. The van der Waals surface area contributed by atoms with E-state index in [1.807, 2.05) is 77.2 Å². The molecule has 0 saturated carbocycles. The van der Waals surface area contributed by atoms with Crippen molar-refractivity contribution in [3.8, 4) is 0 Å². The van der Waals surface area contributed by atoms with Gasteiger partial charge in [0.25, 0.3) is 0 Å². The second-order valence-electron chi connectivity index (χ2n) is 16.5. The number of hydrogen-bond donors (Lipinski definition) is 1. The van der Waals surface area contributed by atoms with Crippen LogP contribution in [0.5, 0.6) is 0 Å². The van der Waals surface area contributed by atoms with E-state index in [4.69, 9.17) is 14.2 Å². The van der Waals surface area contributed by atoms with Gasteiger partial charge in [0.05, 0.1) is 23.4 Å². The van der Waals surface area contributed by atoms with Gasteiger partial charge in [0, 0.05) is 51.9 Å². The van der Waals surface area contributed by atoms with Gasteiger partial charge in [0.2, 0.25) is 0 Å². The molecule has 0 spiro atoms. The predicted molar refractivity (Wildman–Crippen MR) is 255 cm³/mol. The molecule has 0 fully saturated rings. The van der Waals surface area contributed by atoms with Crippen molar-refractivity contribution in [3.63, 3.8) is 0 Å². The number of aromatic nitrogens is 5. The topological polar surface area (TPSA) is 154 Å². The van der Waals surface area contributed by atoms with Gasteiger partial charge in [-0.05, 0) is 143 Å². The summed E-state index contributed by atoms with van der Waals surface area (Å²) in [4.78, 5) is 42.3. The molecule has 0 radical (unpaired) electrons. The van der Waals surface area contributed by atoms with Crippen LogP contribution >= 0.6 is 31.9 Å². The maximum Gasteiger partial charge on any atom is 0.519 e. The maximum atomic E-state index is 12.0. The number of carbonyl (C=O) groups is 3. The molecule has 0 amide bonds. The monoisotopic (exact) mass is 977 g/mol. The smallest absolute Gasteiger partial charge is 0.442 e. The van der Waals surface area contributed by atoms with Crippen molar-refractivity contribution in [2.45, 2.75) is 121 Å². The molecule has 0 aliphatic carbocycles. The number of aromatic amines is 1. The van der Waals surface area contributed by atoms with Gasteiger partial charge in [-0.3, -0.25) is 10.1 Å². The fourth-order valence-electron chi connectivity index (χ4n) is 4.60. The van der Waals surface area contributed by atoms with Gasteiger partial charge in [-0.15, -0.1) is 0 Å². The molecule has 0 aliphatic heterocycles. The highest BCUT2D eigenvalue weighted by molar-refractivity contribution is 9.10. The fourth-order valence-corrected chi connectivity index (χ4v) is 5.32. The Morgan fingerprint density at radius 1 is 0.705 bits per heavy atom. The van der Waals surface area contributed by atoms with Gasteiger partial charge in [-0.1, -0.05) is 60.1 Å². The summed E-state index contributed by atoms with van der Waals surface area (Å²) >= 11 is 6.92. The van der Waals surface area contributed by atoms with Crippen LogP contribution in [0.15, 0.2) is 70.1 Å². The van der Waals surface area contributed by atoms with E-state index < -0.39 is 35.2 Å². The van der Waals surface area contributed by atoms with Crippen LogP contribution in [-0.2, 0) is 18.9 Å². The molecule has 0 aliphatic rings. The lowest BCUT2D eigenvalue weighted by Gasteiger charge is -2.20. The number of anilines is 1. The number of rotatable bonds is 4. The van der Waals surface area contributed by atoms with Gasteiger partial charge in [-0.25, -0.2) is 14.4 Å². The zero-order valence-electron chi connectivity index (χ0n) is 38.2. The summed E-state index contributed by atoms with van der Waals surface area (Å²) in [5, 5.41) is 13.0. The number of hydrogen-bond acceptors (Lipinski definition) is 12. The third-order valence-electron chi connectivity index (χ3n) is 7.60. The molecule has 0 saturated heterocycles. The van der Waals surface area contributed by atoms with Crippen LogP contribution in [0.1, 0.15) is 102 Å². The van der Waals surface area contributed by atoms with Gasteiger partial charge in [-0.2, -0.15) is 14.9 Å². The number of halogens is 2. The first-order valence-electron chi connectivity index (χ1n) is 19.6. The Morgan fingerprint density at radius 2 is 1.16 bits per heavy atom. The molecule has 340 valence electrons. The number of ether oxygens (including phenoxy) is 4. The normalized spacial score (nSPS) is 10.9. The first-order chi connectivity index (χ1) is 27.7. The summed E-state index contributed by atoms with van der Waals surface area (Å²) in [7, 11) is 4.02. The zero-order chi connectivity index (χ0) is 46.0. The second kappa shape index (κ2) is 26.1. The van der Waals surface area contributed by atoms with E-state index in [9.17, 15) is 14.4 Å². The Bertz CT molecular complexity index is 2010. The van der Waals surface area contributed by atoms with Gasteiger partial charge in [0.15, 0.2) is 0 Å². The minimum Gasteiger partial charge on any atom is -0.442 e. The van der Waals surface area contributed by atoms with Crippen LogP contribution in [0.2, 0.25) is 0 Å². The van der Waals surface area contributed by atoms with E-state index in [1.54, 1.807) is 60.1 Å². The zero-order valence-corrected chi connectivity index (χ0v) is 41.4. The molecule has 3 aromatic heterocycles. The quantitative estimate of drug-likeness (QED) is 0.104. The molecule has 0 atom stereocenters. The first kappa shape index (κ1) is 56.5. The Hall–Kier alpha value is -4.54. The molecule has 1 N–H and O–H groups in total. The molecule has 14 nitrogen and oxygen atoms in total. The third kappa shape index (κ3) is 22.8. The molecule has 0 bridgehead atoms. The lowest BCUT2D eigenvalue weighted by Crippen LogP contribution is -2.29. The lowest BCUT2D eigenvalue weighted by atomic mass is 10.2. The highest BCUT2D eigenvalue weighted by Gasteiger charge is 2.24. The summed E-state index contributed by atoms with van der Waals surface area (Å²) in [6.07, 6.45) is 4.47. The molecule has 5 aromatic rings. The molecule has 2 aromatic carbocycles. The molecule has 0 unspecified atom stereocenters. The van der Waals surface area contributed by atoms with Crippen molar-refractivity contribution >= 4 is 77.8 Å². The summed E-state index contributed by atoms with van der Waals surface area (Å²) in [6, 6.07) is 11.9. The van der Waals surface area contributed by atoms with Crippen LogP contribution < -0.4 is 4.90 Å². The predicted octanol–water partition coefficient (Wildman–Crippen LogP) is 12.5. The highest BCUT2D eigenvalue weighted by Crippen LogP contribution is 2.25. The van der Waals surface area contributed by atoms with Crippen LogP contribution in [0, 0.1) is 13.8 Å². The number of pyridine rings is 1. The Kier molecular flexibility index (Phi) is 24.1. The number of fused-ring (bicyclic) bond motifs is 2. The maximum absolute atomic E-state index is 12.0. The van der Waals surface area contributed by atoms with Gasteiger partial charge in [0.1, 0.15) is 16.8 Å². The van der Waals surface area contributed by atoms with E-state index in [-0.39, 0.29) is 7.43 Å². The molecule has 16 heteroatoms. The summed E-state index contributed by atoms with van der Waals surface area (Å²) in [5.41, 5.74) is 3.38. The van der Waals surface area contributed by atoms with Crippen molar-refractivity contribution in [1.82, 2.24) is 29.9 Å². The van der Waals surface area contributed by atoms with Crippen LogP contribution in [0.3, 0.4) is 0 Å². The van der Waals surface area contributed by atoms with Gasteiger partial charge >= 0.3 is 18.4 Å². The minimum atomic E-state index is -1.06. The average Bonchev–Trinajstić information content (AvgIpc) is 3.75. The number of benzene rings is 2. The van der Waals surface area contributed by atoms with Crippen molar-refractivity contribution in [2.24, 2.45) is 0 Å². The van der Waals surface area contributed by atoms with Crippen molar-refractivity contribution in [2.75, 3.05) is 38.6 Å². The summed E-state index contributed by atoms with van der Waals surface area (Å²) < 4.78 is 22.5. The van der Waals surface area contributed by atoms with E-state index >= 15 is 0 Å². The largest absolute Gasteiger partial charge is 0.519 e. The van der Waals surface area contributed by atoms with E-state index in [0.29, 0.717) is 0 Å². The number of carbonyl (C=O) groups excluding carboxylic acids is 3. The van der Waals surface area contributed by atoms with E-state index in [1.165, 1.54) is 35.6 Å². The van der Waals surface area contributed by atoms with Crippen LogP contribution in [0.4, 0.5) is 20.1 Å². The van der Waals surface area contributed by atoms with Crippen molar-refractivity contribution in [3.05, 3.63) is 81.3 Å². The molecule has 5 rings (SSSR count). The standard InChI is InChI=1S/C13H15BrN2O2.C10H18O5.C8H7BrN2.C7H10N2.C6H15N.CH4/c1-8-5-11-9(6-10(8)14)7-15-16(11)12(17)18-13(2,3)4;1-9(2,3)14-7(11)13-8(12)15-10(4,5)6;1-5-2-8-6(3-7(5)9)4-10-11-8;1-9(2)7-3-5-8-6-4-7;1-4-7(5-2)6-3;/h5-7H,1-4H3;1-6H3;2-4H,1H3,(H,10,11);3-6H,1-2H3;4-6H2,1-3H3;1H4. The number of nitrogens with one attached hydrogen (secondary N) is 1. The number of aryl methyl sites for hydroxylation is 2. The van der Waals surface area contributed by atoms with E-state index in [2.05, 4.69) is 102 Å². The molecule has 3 heterocycles. The van der Waals surface area contributed by atoms with Crippen molar-refractivity contribution in [1.29, 1.82) is 0 Å². The average molecular weight is 980 g/mol. The van der Waals surface area contributed by atoms with Gasteiger partial charge < -0.3 is 28.7 Å². The highest BCUT2D eigenvalue weighted by atomic mass is 79.9. The number of H-pyrrole nitrogens is 1. The minimum absolute atomic E-state index is 0. The number of nitrogens with zero attached hydrogens (tertiary/aromatic N) is 6. The lowest BCUT2D eigenvalue weighted by molar-refractivity contribution is -0.0294. The second-order valence-corrected chi connectivity index (χ2v) is 18.2. The Balaban J connectivity index is 0.000000762. The Morgan fingerprint density at radius 3 is 1.57 bits per heavy atom.